The minimum Gasteiger partial charge on any atom is -0.447 e. The summed E-state index contributed by atoms with van der Waals surface area (Å²) in [5.74, 6) is 0.608. The van der Waals surface area contributed by atoms with Crippen molar-refractivity contribution in [1.29, 1.82) is 0 Å². The lowest BCUT2D eigenvalue weighted by atomic mass is 9.86. The molecular weight excluding hydrogens is 358 g/mol. The SMILES string of the molecule is CC(=O)N1C2CCC(C3CNN(C4CC4)C3)NC2N(C(=O)OC(C)C)C[C@@H]1C. The van der Waals surface area contributed by atoms with Gasteiger partial charge in [0.1, 0.15) is 6.17 Å². The van der Waals surface area contributed by atoms with E-state index in [2.05, 4.69) is 15.8 Å². The summed E-state index contributed by atoms with van der Waals surface area (Å²) in [7, 11) is 0. The van der Waals surface area contributed by atoms with Gasteiger partial charge in [-0.1, -0.05) is 0 Å². The molecule has 4 unspecified atom stereocenters. The second kappa shape index (κ2) is 7.80. The Morgan fingerprint density at radius 1 is 1.11 bits per heavy atom. The third-order valence-corrected chi connectivity index (χ3v) is 6.63. The Kier molecular flexibility index (Phi) is 5.55. The molecule has 1 aliphatic carbocycles. The molecule has 28 heavy (non-hydrogen) atoms. The van der Waals surface area contributed by atoms with Gasteiger partial charge in [-0.2, -0.15) is 0 Å². The molecule has 0 aromatic heterocycles. The molecule has 0 spiro atoms. The predicted molar refractivity (Wildman–Crippen MR) is 105 cm³/mol. The van der Waals surface area contributed by atoms with E-state index < -0.39 is 0 Å². The highest BCUT2D eigenvalue weighted by atomic mass is 16.6. The average Bonchev–Trinajstić information content (AvgIpc) is 3.36. The normalized spacial score (nSPS) is 36.5. The first-order valence-electron chi connectivity index (χ1n) is 10.9. The fourth-order valence-corrected chi connectivity index (χ4v) is 5.25. The van der Waals surface area contributed by atoms with E-state index in [9.17, 15) is 9.59 Å². The fraction of sp³-hybridized carbons (Fsp3) is 0.900. The van der Waals surface area contributed by atoms with E-state index in [0.29, 0.717) is 24.5 Å². The number of nitrogens with one attached hydrogen (secondary N) is 2. The van der Waals surface area contributed by atoms with Crippen LogP contribution < -0.4 is 10.7 Å². The zero-order valence-electron chi connectivity index (χ0n) is 17.6. The summed E-state index contributed by atoms with van der Waals surface area (Å²) in [4.78, 5) is 28.9. The van der Waals surface area contributed by atoms with E-state index in [4.69, 9.17) is 4.74 Å². The zero-order valence-corrected chi connectivity index (χ0v) is 17.6. The number of carbonyl (C=O) groups is 2. The smallest absolute Gasteiger partial charge is 0.411 e. The minimum absolute atomic E-state index is 0.00434. The van der Waals surface area contributed by atoms with Crippen molar-refractivity contribution in [2.75, 3.05) is 19.6 Å². The van der Waals surface area contributed by atoms with Gasteiger partial charge in [0.15, 0.2) is 0 Å². The van der Waals surface area contributed by atoms with Crippen molar-refractivity contribution in [2.45, 2.75) is 89.8 Å². The summed E-state index contributed by atoms with van der Waals surface area (Å²) in [6.07, 6.45) is 3.91. The van der Waals surface area contributed by atoms with Crippen LogP contribution in [0.3, 0.4) is 0 Å². The van der Waals surface area contributed by atoms with Crippen LogP contribution in [0.2, 0.25) is 0 Å². The summed E-state index contributed by atoms with van der Waals surface area (Å²) >= 11 is 0. The van der Waals surface area contributed by atoms with E-state index in [-0.39, 0.29) is 36.4 Å². The van der Waals surface area contributed by atoms with Gasteiger partial charge < -0.3 is 9.64 Å². The van der Waals surface area contributed by atoms with Gasteiger partial charge in [-0.3, -0.25) is 20.4 Å². The molecule has 8 nitrogen and oxygen atoms in total. The lowest BCUT2D eigenvalue weighted by molar-refractivity contribution is -0.143. The summed E-state index contributed by atoms with van der Waals surface area (Å²) in [5, 5.41) is 6.15. The molecule has 3 aliphatic heterocycles. The topological polar surface area (TPSA) is 77.2 Å². The number of carbonyl (C=O) groups excluding carboxylic acids is 2. The third kappa shape index (κ3) is 3.86. The molecule has 4 rings (SSSR count). The van der Waals surface area contributed by atoms with Gasteiger partial charge >= 0.3 is 6.09 Å². The van der Waals surface area contributed by atoms with Gasteiger partial charge in [-0.05, 0) is 46.5 Å². The molecule has 3 heterocycles. The summed E-state index contributed by atoms with van der Waals surface area (Å²) in [6.45, 7) is 9.95. The van der Waals surface area contributed by atoms with Crippen LogP contribution in [0.5, 0.6) is 0 Å². The average molecular weight is 394 g/mol. The van der Waals surface area contributed by atoms with Gasteiger partial charge in [0.2, 0.25) is 5.91 Å². The molecule has 0 aromatic rings. The van der Waals surface area contributed by atoms with Crippen molar-refractivity contribution in [3.63, 3.8) is 0 Å². The molecule has 2 N–H and O–H groups in total. The Morgan fingerprint density at radius 3 is 2.50 bits per heavy atom. The van der Waals surface area contributed by atoms with Gasteiger partial charge in [0.05, 0.1) is 12.1 Å². The maximum absolute atomic E-state index is 12.8. The maximum atomic E-state index is 12.8. The molecule has 0 bridgehead atoms. The molecule has 0 radical (unpaired) electrons. The van der Waals surface area contributed by atoms with Crippen LogP contribution in [0.4, 0.5) is 4.79 Å². The van der Waals surface area contributed by atoms with E-state index in [1.807, 2.05) is 30.6 Å². The van der Waals surface area contributed by atoms with E-state index in [0.717, 1.165) is 25.9 Å². The van der Waals surface area contributed by atoms with Crippen molar-refractivity contribution in [1.82, 2.24) is 25.6 Å². The molecule has 0 aromatic carbocycles. The zero-order chi connectivity index (χ0) is 20.0. The summed E-state index contributed by atoms with van der Waals surface area (Å²) in [5.41, 5.74) is 3.56. The standard InChI is InChI=1S/C20H35N5O3/c1-12(2)28-20(27)23-10-13(3)25(14(4)26)18-8-7-17(22-19(18)23)15-9-21-24(11-15)16-5-6-16/h12-13,15-19,21-22H,5-11H2,1-4H3/t13-,15?,17?,18?,19?/m0/s1. The molecule has 4 aliphatic rings. The second-order valence-corrected chi connectivity index (χ2v) is 9.23. The van der Waals surface area contributed by atoms with E-state index >= 15 is 0 Å². The number of hydrogen-bond donors (Lipinski definition) is 2. The number of hydrazine groups is 1. The van der Waals surface area contributed by atoms with Crippen molar-refractivity contribution in [2.24, 2.45) is 5.92 Å². The Hall–Kier alpha value is -1.38. The minimum atomic E-state index is -0.280. The molecular formula is C20H35N5O3. The van der Waals surface area contributed by atoms with E-state index in [1.165, 1.54) is 12.8 Å². The quantitative estimate of drug-likeness (QED) is 0.749. The molecule has 158 valence electrons. The Morgan fingerprint density at radius 2 is 1.86 bits per heavy atom. The van der Waals surface area contributed by atoms with Crippen LogP contribution in [0, 0.1) is 5.92 Å². The van der Waals surface area contributed by atoms with Gasteiger partial charge in [0, 0.05) is 50.6 Å². The molecule has 5 atom stereocenters. The molecule has 1 saturated carbocycles. The summed E-state index contributed by atoms with van der Waals surface area (Å²) < 4.78 is 5.52. The number of nitrogens with zero attached hydrogens (tertiary/aromatic N) is 3. The predicted octanol–water partition coefficient (Wildman–Crippen LogP) is 1.13. The highest BCUT2D eigenvalue weighted by Gasteiger charge is 2.48. The van der Waals surface area contributed by atoms with Crippen LogP contribution in [0.15, 0.2) is 0 Å². The van der Waals surface area contributed by atoms with Crippen LogP contribution >= 0.6 is 0 Å². The largest absolute Gasteiger partial charge is 0.447 e. The number of piperazine rings is 1. The maximum Gasteiger partial charge on any atom is 0.411 e. The lowest BCUT2D eigenvalue weighted by Crippen LogP contribution is -2.73. The van der Waals surface area contributed by atoms with Gasteiger partial charge in [-0.15, -0.1) is 0 Å². The van der Waals surface area contributed by atoms with E-state index in [1.54, 1.807) is 6.92 Å². The first kappa shape index (κ1) is 19.9. The first-order valence-corrected chi connectivity index (χ1v) is 10.9. The molecule has 2 amide bonds. The highest BCUT2D eigenvalue weighted by molar-refractivity contribution is 5.75. The third-order valence-electron chi connectivity index (χ3n) is 6.63. The van der Waals surface area contributed by atoms with Crippen LogP contribution in [-0.4, -0.2) is 82.9 Å². The van der Waals surface area contributed by atoms with Crippen molar-refractivity contribution >= 4 is 12.0 Å². The second-order valence-electron chi connectivity index (χ2n) is 9.23. The number of amides is 2. The van der Waals surface area contributed by atoms with Gasteiger partial charge in [0.25, 0.3) is 0 Å². The Bertz CT molecular complexity index is 611. The summed E-state index contributed by atoms with van der Waals surface area (Å²) in [6, 6.07) is 1.05. The first-order chi connectivity index (χ1) is 13.3. The molecule has 3 saturated heterocycles. The van der Waals surface area contributed by atoms with Crippen molar-refractivity contribution < 1.29 is 14.3 Å². The number of rotatable bonds is 3. The number of ether oxygens (including phenoxy) is 1. The Labute approximate surface area is 167 Å². The molecule has 4 fully saturated rings. The Balaban J connectivity index is 1.49. The van der Waals surface area contributed by atoms with Crippen LogP contribution in [0.25, 0.3) is 0 Å². The highest BCUT2D eigenvalue weighted by Crippen LogP contribution is 2.34. The number of fused-ring (bicyclic) bond motifs is 1. The molecule has 8 heteroatoms. The fourth-order valence-electron chi connectivity index (χ4n) is 5.25. The van der Waals surface area contributed by atoms with Crippen molar-refractivity contribution in [3.8, 4) is 0 Å². The van der Waals surface area contributed by atoms with Crippen molar-refractivity contribution in [3.05, 3.63) is 0 Å². The van der Waals surface area contributed by atoms with Crippen LogP contribution in [-0.2, 0) is 9.53 Å². The number of piperidine rings is 1. The lowest BCUT2D eigenvalue weighted by Gasteiger charge is -2.54. The van der Waals surface area contributed by atoms with Crippen LogP contribution in [0.1, 0.15) is 53.4 Å². The number of hydrogen-bond acceptors (Lipinski definition) is 6. The monoisotopic (exact) mass is 393 g/mol. The van der Waals surface area contributed by atoms with Gasteiger partial charge in [-0.25, -0.2) is 9.80 Å².